The summed E-state index contributed by atoms with van der Waals surface area (Å²) >= 11 is 0. The molecule has 0 saturated heterocycles. The minimum absolute atomic E-state index is 0.231. The van der Waals surface area contributed by atoms with E-state index in [0.717, 1.165) is 22.8 Å². The average molecular weight is 192 g/mol. The molecular formula is C11H12O3. The second kappa shape index (κ2) is 3.96. The fourth-order valence-electron chi connectivity index (χ4n) is 1.17. The summed E-state index contributed by atoms with van der Waals surface area (Å²) in [6, 6.07) is 3.25. The molecule has 0 aliphatic carbocycles. The van der Waals surface area contributed by atoms with Crippen LogP contribution in [0.4, 0.5) is 0 Å². The molecule has 3 heteroatoms. The van der Waals surface area contributed by atoms with E-state index in [-0.39, 0.29) is 5.75 Å². The summed E-state index contributed by atoms with van der Waals surface area (Å²) < 4.78 is 0. The van der Waals surface area contributed by atoms with Gasteiger partial charge in [0.05, 0.1) is 0 Å². The second-order valence-electron chi connectivity index (χ2n) is 3.10. The van der Waals surface area contributed by atoms with Crippen LogP contribution >= 0.6 is 0 Å². The van der Waals surface area contributed by atoms with Crippen molar-refractivity contribution in [1.29, 1.82) is 0 Å². The Hall–Kier alpha value is -1.77. The number of benzene rings is 1. The van der Waals surface area contributed by atoms with Gasteiger partial charge in [-0.05, 0) is 42.7 Å². The molecule has 0 radical (unpaired) electrons. The summed E-state index contributed by atoms with van der Waals surface area (Å²) in [6.07, 6.45) is 2.60. The maximum absolute atomic E-state index is 10.3. The van der Waals surface area contributed by atoms with Gasteiger partial charge in [-0.1, -0.05) is 6.07 Å². The van der Waals surface area contributed by atoms with Crippen LogP contribution in [-0.2, 0) is 4.79 Å². The van der Waals surface area contributed by atoms with Crippen molar-refractivity contribution in [2.24, 2.45) is 0 Å². The van der Waals surface area contributed by atoms with Gasteiger partial charge in [-0.25, -0.2) is 4.79 Å². The fraction of sp³-hybridized carbons (Fsp3) is 0.182. The fourth-order valence-corrected chi connectivity index (χ4v) is 1.17. The van der Waals surface area contributed by atoms with Crippen LogP contribution in [0.2, 0.25) is 0 Å². The Kier molecular flexibility index (Phi) is 2.92. The lowest BCUT2D eigenvalue weighted by Crippen LogP contribution is -1.89. The van der Waals surface area contributed by atoms with Crippen molar-refractivity contribution in [3.63, 3.8) is 0 Å². The van der Waals surface area contributed by atoms with E-state index in [1.165, 1.54) is 6.08 Å². The molecule has 0 spiro atoms. The number of hydrogen-bond acceptors (Lipinski definition) is 2. The third-order valence-corrected chi connectivity index (χ3v) is 2.21. The molecule has 0 aromatic heterocycles. The Morgan fingerprint density at radius 3 is 2.50 bits per heavy atom. The summed E-state index contributed by atoms with van der Waals surface area (Å²) in [5, 5.41) is 17.8. The number of carboxylic acid groups (broad SMARTS) is 1. The Bertz CT molecular complexity index is 392. The number of aliphatic carboxylic acids is 1. The SMILES string of the molecule is Cc1c(O)ccc(C=CC(=O)O)c1C. The van der Waals surface area contributed by atoms with Gasteiger partial charge in [0, 0.05) is 6.08 Å². The van der Waals surface area contributed by atoms with E-state index >= 15 is 0 Å². The van der Waals surface area contributed by atoms with Gasteiger partial charge in [0.1, 0.15) is 5.75 Å². The highest BCUT2D eigenvalue weighted by Gasteiger charge is 2.02. The molecule has 1 rings (SSSR count). The van der Waals surface area contributed by atoms with Crippen LogP contribution in [0.15, 0.2) is 18.2 Å². The molecule has 1 aromatic carbocycles. The molecule has 1 aromatic rings. The van der Waals surface area contributed by atoms with Gasteiger partial charge in [-0.2, -0.15) is 0 Å². The molecule has 74 valence electrons. The molecule has 3 nitrogen and oxygen atoms in total. The van der Waals surface area contributed by atoms with Crippen LogP contribution in [0.5, 0.6) is 5.75 Å². The van der Waals surface area contributed by atoms with Gasteiger partial charge in [-0.15, -0.1) is 0 Å². The molecule has 0 saturated carbocycles. The summed E-state index contributed by atoms with van der Waals surface area (Å²) in [4.78, 5) is 10.3. The number of rotatable bonds is 2. The summed E-state index contributed by atoms with van der Waals surface area (Å²) in [5.41, 5.74) is 2.47. The second-order valence-corrected chi connectivity index (χ2v) is 3.10. The van der Waals surface area contributed by atoms with E-state index in [1.807, 2.05) is 6.92 Å². The molecule has 0 atom stereocenters. The Labute approximate surface area is 82.3 Å². The molecule has 2 N–H and O–H groups in total. The summed E-state index contributed by atoms with van der Waals surface area (Å²) in [6.45, 7) is 3.64. The first-order chi connectivity index (χ1) is 6.52. The monoisotopic (exact) mass is 192 g/mol. The molecule has 0 unspecified atom stereocenters. The van der Waals surface area contributed by atoms with Crippen molar-refractivity contribution >= 4 is 12.0 Å². The van der Waals surface area contributed by atoms with Crippen LogP contribution in [0.25, 0.3) is 6.08 Å². The highest BCUT2D eigenvalue weighted by molar-refractivity contribution is 5.85. The van der Waals surface area contributed by atoms with Crippen molar-refractivity contribution in [2.45, 2.75) is 13.8 Å². The van der Waals surface area contributed by atoms with Gasteiger partial charge in [0.2, 0.25) is 0 Å². The van der Waals surface area contributed by atoms with E-state index in [1.54, 1.807) is 19.1 Å². The normalized spacial score (nSPS) is 10.7. The standard InChI is InChI=1S/C11H12O3/c1-7-8(2)10(12)5-3-9(7)4-6-11(13)14/h3-6,12H,1-2H3,(H,13,14). The lowest BCUT2D eigenvalue weighted by Gasteiger charge is -2.06. The predicted molar refractivity (Wildman–Crippen MR) is 54.3 cm³/mol. The van der Waals surface area contributed by atoms with Crippen LogP contribution in [0, 0.1) is 13.8 Å². The number of carbonyl (C=O) groups is 1. The van der Waals surface area contributed by atoms with Crippen molar-refractivity contribution in [1.82, 2.24) is 0 Å². The zero-order valence-corrected chi connectivity index (χ0v) is 8.11. The van der Waals surface area contributed by atoms with Crippen molar-refractivity contribution < 1.29 is 15.0 Å². The molecular weight excluding hydrogens is 180 g/mol. The zero-order chi connectivity index (χ0) is 10.7. The van der Waals surface area contributed by atoms with Crippen LogP contribution in [0.3, 0.4) is 0 Å². The van der Waals surface area contributed by atoms with E-state index in [9.17, 15) is 9.90 Å². The minimum atomic E-state index is -0.977. The molecule has 0 heterocycles. The molecule has 0 aliphatic rings. The summed E-state index contributed by atoms with van der Waals surface area (Å²) in [7, 11) is 0. The highest BCUT2D eigenvalue weighted by Crippen LogP contribution is 2.23. The smallest absolute Gasteiger partial charge is 0.328 e. The number of carboxylic acids is 1. The third-order valence-electron chi connectivity index (χ3n) is 2.21. The number of aromatic hydroxyl groups is 1. The maximum atomic E-state index is 10.3. The topological polar surface area (TPSA) is 57.5 Å². The average Bonchev–Trinajstić information content (AvgIpc) is 2.13. The predicted octanol–water partition coefficient (Wildman–Crippen LogP) is 2.11. The first-order valence-electron chi connectivity index (χ1n) is 4.22. The lowest BCUT2D eigenvalue weighted by atomic mass is 10.0. The Balaban J connectivity index is 3.12. The van der Waals surface area contributed by atoms with Crippen LogP contribution in [-0.4, -0.2) is 16.2 Å². The minimum Gasteiger partial charge on any atom is -0.508 e. The van der Waals surface area contributed by atoms with E-state index < -0.39 is 5.97 Å². The zero-order valence-electron chi connectivity index (χ0n) is 8.11. The first-order valence-corrected chi connectivity index (χ1v) is 4.22. The van der Waals surface area contributed by atoms with Crippen LogP contribution in [0.1, 0.15) is 16.7 Å². The molecule has 0 aliphatic heterocycles. The molecule has 0 fully saturated rings. The van der Waals surface area contributed by atoms with Gasteiger partial charge in [0.15, 0.2) is 0 Å². The van der Waals surface area contributed by atoms with E-state index in [2.05, 4.69) is 0 Å². The van der Waals surface area contributed by atoms with Crippen LogP contribution < -0.4 is 0 Å². The van der Waals surface area contributed by atoms with Crippen molar-refractivity contribution in [2.75, 3.05) is 0 Å². The van der Waals surface area contributed by atoms with Gasteiger partial charge in [-0.3, -0.25) is 0 Å². The quantitative estimate of drug-likeness (QED) is 0.705. The highest BCUT2D eigenvalue weighted by atomic mass is 16.4. The lowest BCUT2D eigenvalue weighted by molar-refractivity contribution is -0.131. The van der Waals surface area contributed by atoms with Crippen molar-refractivity contribution in [3.8, 4) is 5.75 Å². The third kappa shape index (κ3) is 2.13. The van der Waals surface area contributed by atoms with E-state index in [4.69, 9.17) is 5.11 Å². The first kappa shape index (κ1) is 10.3. The summed E-state index contributed by atoms with van der Waals surface area (Å²) in [5.74, 6) is -0.745. The molecule has 14 heavy (non-hydrogen) atoms. The Morgan fingerprint density at radius 2 is 1.93 bits per heavy atom. The van der Waals surface area contributed by atoms with Gasteiger partial charge < -0.3 is 10.2 Å². The van der Waals surface area contributed by atoms with Gasteiger partial charge in [0.25, 0.3) is 0 Å². The molecule has 0 amide bonds. The molecule has 0 bridgehead atoms. The Morgan fingerprint density at radius 1 is 1.29 bits per heavy atom. The number of phenols is 1. The largest absolute Gasteiger partial charge is 0.508 e. The number of hydrogen-bond donors (Lipinski definition) is 2. The van der Waals surface area contributed by atoms with Crippen molar-refractivity contribution in [3.05, 3.63) is 34.9 Å². The van der Waals surface area contributed by atoms with Gasteiger partial charge >= 0.3 is 5.97 Å². The number of phenolic OH excluding ortho intramolecular Hbond substituents is 1. The van der Waals surface area contributed by atoms with E-state index in [0.29, 0.717) is 0 Å². The maximum Gasteiger partial charge on any atom is 0.328 e.